The summed E-state index contributed by atoms with van der Waals surface area (Å²) in [7, 11) is 3.12. The van der Waals surface area contributed by atoms with E-state index in [1.165, 1.54) is 4.90 Å². The van der Waals surface area contributed by atoms with Gasteiger partial charge in [-0.1, -0.05) is 19.9 Å². The first-order valence-corrected chi connectivity index (χ1v) is 11.8. The quantitative estimate of drug-likeness (QED) is 0.409. The smallest absolute Gasteiger partial charge is 0.265 e. The molecule has 0 bridgehead atoms. The van der Waals surface area contributed by atoms with Crippen LogP contribution in [0.1, 0.15) is 46.5 Å². The molecule has 0 saturated carbocycles. The van der Waals surface area contributed by atoms with E-state index >= 15 is 0 Å². The second-order valence-corrected chi connectivity index (χ2v) is 7.71. The molecule has 0 unspecified atom stereocenters. The number of carbonyl (C=O) groups excluding carboxylic acids is 2. The number of rotatable bonds is 9. The van der Waals surface area contributed by atoms with E-state index in [4.69, 9.17) is 18.9 Å². The van der Waals surface area contributed by atoms with Crippen LogP contribution in [0, 0.1) is 0 Å². The number of hydrogen-bond donors (Lipinski definition) is 0. The average Bonchev–Trinajstić information content (AvgIpc) is 3.14. The predicted octanol–water partition coefficient (Wildman–Crippen LogP) is 3.63. The lowest BCUT2D eigenvalue weighted by atomic mass is 10.1. The number of amides is 2. The van der Waals surface area contributed by atoms with Gasteiger partial charge >= 0.3 is 0 Å². The Hall–Kier alpha value is -3.10. The van der Waals surface area contributed by atoms with Crippen molar-refractivity contribution in [2.45, 2.75) is 26.8 Å². The Bertz CT molecular complexity index is 987. The van der Waals surface area contributed by atoms with Crippen molar-refractivity contribution in [3.05, 3.63) is 53.1 Å². The third-order valence-electron chi connectivity index (χ3n) is 5.76. The molecule has 2 aromatic rings. The Morgan fingerprint density at radius 2 is 1.71 bits per heavy atom. The Kier molecular flexibility index (Phi) is 9.30. The molecule has 184 valence electrons. The summed E-state index contributed by atoms with van der Waals surface area (Å²) in [5, 5.41) is 0. The summed E-state index contributed by atoms with van der Waals surface area (Å²) in [6.45, 7) is 8.87. The molecule has 2 aromatic carbocycles. The SMILES string of the molecule is CC.COc1ccc(CN2C(=O)c3cccc(OCCCN4CCOCC4)c3C2=O)c(OC)c1. The number of benzene rings is 2. The Balaban J connectivity index is 0.00000158. The van der Waals surface area contributed by atoms with Gasteiger partial charge in [-0.25, -0.2) is 0 Å². The van der Waals surface area contributed by atoms with Crippen LogP contribution in [0.2, 0.25) is 0 Å². The number of imide groups is 1. The van der Waals surface area contributed by atoms with Gasteiger partial charge in [-0.2, -0.15) is 0 Å². The number of nitrogens with zero attached hydrogens (tertiary/aromatic N) is 2. The van der Waals surface area contributed by atoms with Crippen molar-refractivity contribution in [2.75, 3.05) is 53.7 Å². The number of fused-ring (bicyclic) bond motifs is 1. The highest BCUT2D eigenvalue weighted by Gasteiger charge is 2.38. The van der Waals surface area contributed by atoms with Crippen LogP contribution in [-0.2, 0) is 11.3 Å². The molecular formula is C26H34N2O6. The summed E-state index contributed by atoms with van der Waals surface area (Å²) in [6.07, 6.45) is 0.832. The highest BCUT2D eigenvalue weighted by Crippen LogP contribution is 2.34. The molecular weight excluding hydrogens is 436 g/mol. The number of morpholine rings is 1. The maximum Gasteiger partial charge on any atom is 0.265 e. The maximum atomic E-state index is 13.2. The normalized spacial score (nSPS) is 15.5. The number of hydrogen-bond acceptors (Lipinski definition) is 7. The van der Waals surface area contributed by atoms with Crippen LogP contribution >= 0.6 is 0 Å². The second kappa shape index (κ2) is 12.4. The highest BCUT2D eigenvalue weighted by molar-refractivity contribution is 6.22. The molecule has 8 heteroatoms. The Morgan fingerprint density at radius 3 is 2.41 bits per heavy atom. The molecule has 0 aliphatic carbocycles. The van der Waals surface area contributed by atoms with E-state index in [1.54, 1.807) is 50.6 Å². The van der Waals surface area contributed by atoms with Crippen molar-refractivity contribution in [1.29, 1.82) is 0 Å². The maximum absolute atomic E-state index is 13.2. The molecule has 34 heavy (non-hydrogen) atoms. The fraction of sp³-hybridized carbons (Fsp3) is 0.462. The van der Waals surface area contributed by atoms with Gasteiger partial charge in [-0.3, -0.25) is 19.4 Å². The summed E-state index contributed by atoms with van der Waals surface area (Å²) >= 11 is 0. The Morgan fingerprint density at radius 1 is 0.941 bits per heavy atom. The van der Waals surface area contributed by atoms with Crippen molar-refractivity contribution in [1.82, 2.24) is 9.80 Å². The third-order valence-corrected chi connectivity index (χ3v) is 5.76. The zero-order valence-corrected chi connectivity index (χ0v) is 20.5. The van der Waals surface area contributed by atoms with Crippen LogP contribution in [-0.4, -0.2) is 75.3 Å². The molecule has 2 aliphatic rings. The topological polar surface area (TPSA) is 77.5 Å². The number of carbonyl (C=O) groups is 2. The summed E-state index contributed by atoms with van der Waals surface area (Å²) in [5.41, 5.74) is 1.42. The lowest BCUT2D eigenvalue weighted by Gasteiger charge is -2.26. The summed E-state index contributed by atoms with van der Waals surface area (Å²) in [5.74, 6) is 0.960. The van der Waals surface area contributed by atoms with E-state index in [2.05, 4.69) is 4.90 Å². The minimum atomic E-state index is -0.355. The van der Waals surface area contributed by atoms with Crippen LogP contribution in [0.5, 0.6) is 17.2 Å². The van der Waals surface area contributed by atoms with Crippen LogP contribution in [0.3, 0.4) is 0 Å². The average molecular weight is 471 g/mol. The first-order valence-electron chi connectivity index (χ1n) is 11.8. The molecule has 0 radical (unpaired) electrons. The fourth-order valence-corrected chi connectivity index (χ4v) is 4.01. The molecule has 1 fully saturated rings. The van der Waals surface area contributed by atoms with Crippen LogP contribution in [0.15, 0.2) is 36.4 Å². The highest BCUT2D eigenvalue weighted by atomic mass is 16.5. The van der Waals surface area contributed by atoms with E-state index in [-0.39, 0.29) is 18.4 Å². The lowest BCUT2D eigenvalue weighted by molar-refractivity contribution is 0.0357. The van der Waals surface area contributed by atoms with Gasteiger partial charge in [0, 0.05) is 31.3 Å². The second-order valence-electron chi connectivity index (χ2n) is 7.71. The summed E-state index contributed by atoms with van der Waals surface area (Å²) in [4.78, 5) is 29.7. The number of ether oxygens (including phenoxy) is 4. The van der Waals surface area contributed by atoms with Gasteiger partial charge in [0.1, 0.15) is 17.2 Å². The minimum absolute atomic E-state index is 0.107. The summed E-state index contributed by atoms with van der Waals surface area (Å²) in [6, 6.07) is 10.5. The largest absolute Gasteiger partial charge is 0.497 e. The molecule has 0 atom stereocenters. The van der Waals surface area contributed by atoms with Gasteiger partial charge in [-0.15, -0.1) is 0 Å². The molecule has 4 rings (SSSR count). The van der Waals surface area contributed by atoms with E-state index in [0.29, 0.717) is 35.0 Å². The van der Waals surface area contributed by atoms with Crippen molar-refractivity contribution in [2.24, 2.45) is 0 Å². The molecule has 2 aliphatic heterocycles. The summed E-state index contributed by atoms with van der Waals surface area (Å²) < 4.78 is 21.9. The zero-order chi connectivity index (χ0) is 24.5. The van der Waals surface area contributed by atoms with Crippen molar-refractivity contribution < 1.29 is 28.5 Å². The van der Waals surface area contributed by atoms with Crippen LogP contribution in [0.4, 0.5) is 0 Å². The zero-order valence-electron chi connectivity index (χ0n) is 20.5. The molecule has 0 aromatic heterocycles. The van der Waals surface area contributed by atoms with E-state index in [9.17, 15) is 9.59 Å². The minimum Gasteiger partial charge on any atom is -0.497 e. The molecule has 0 spiro atoms. The Labute approximate surface area is 201 Å². The molecule has 2 amide bonds. The fourth-order valence-electron chi connectivity index (χ4n) is 4.01. The van der Waals surface area contributed by atoms with E-state index in [0.717, 1.165) is 44.8 Å². The van der Waals surface area contributed by atoms with Gasteiger partial charge in [-0.05, 0) is 30.7 Å². The first kappa shape index (κ1) is 25.5. The van der Waals surface area contributed by atoms with Gasteiger partial charge < -0.3 is 18.9 Å². The van der Waals surface area contributed by atoms with Gasteiger partial charge in [0.05, 0.1) is 51.7 Å². The predicted molar refractivity (Wildman–Crippen MR) is 129 cm³/mol. The number of methoxy groups -OCH3 is 2. The van der Waals surface area contributed by atoms with Crippen LogP contribution < -0.4 is 14.2 Å². The van der Waals surface area contributed by atoms with Crippen molar-refractivity contribution in [3.8, 4) is 17.2 Å². The van der Waals surface area contributed by atoms with Crippen molar-refractivity contribution in [3.63, 3.8) is 0 Å². The molecule has 1 saturated heterocycles. The lowest BCUT2D eigenvalue weighted by Crippen LogP contribution is -2.37. The van der Waals surface area contributed by atoms with Gasteiger partial charge in [0.25, 0.3) is 11.8 Å². The standard InChI is InChI=1S/C24H28N2O6.C2H6/c1-29-18-8-7-17(21(15-18)30-2)16-26-23(27)19-5-3-6-20(22(19)24(26)28)32-12-4-9-25-10-13-31-14-11-25;1-2/h3,5-8,15H,4,9-14,16H2,1-2H3;1-2H3. The van der Waals surface area contributed by atoms with E-state index < -0.39 is 0 Å². The van der Waals surface area contributed by atoms with Gasteiger partial charge in [0.15, 0.2) is 0 Å². The molecule has 2 heterocycles. The van der Waals surface area contributed by atoms with Crippen LogP contribution in [0.25, 0.3) is 0 Å². The molecule has 0 N–H and O–H groups in total. The third kappa shape index (κ3) is 5.69. The van der Waals surface area contributed by atoms with Gasteiger partial charge in [0.2, 0.25) is 0 Å². The molecule has 8 nitrogen and oxygen atoms in total. The monoisotopic (exact) mass is 470 g/mol. The first-order chi connectivity index (χ1) is 16.6. The van der Waals surface area contributed by atoms with E-state index in [1.807, 2.05) is 13.8 Å². The van der Waals surface area contributed by atoms with Crippen molar-refractivity contribution >= 4 is 11.8 Å².